The third kappa shape index (κ3) is 4.87. The molecule has 2 amide bonds. The number of fused-ring (bicyclic) bond motifs is 2. The van der Waals surface area contributed by atoms with E-state index in [1.54, 1.807) is 23.2 Å². The highest BCUT2D eigenvalue weighted by molar-refractivity contribution is 7.89. The van der Waals surface area contributed by atoms with Gasteiger partial charge in [0.1, 0.15) is 16.1 Å². The maximum atomic E-state index is 13.7. The van der Waals surface area contributed by atoms with Crippen molar-refractivity contribution >= 4 is 71.3 Å². The summed E-state index contributed by atoms with van der Waals surface area (Å²) in [5.74, 6) is -0.357. The topological polar surface area (TPSA) is 99.7 Å². The van der Waals surface area contributed by atoms with Crippen molar-refractivity contribution in [3.05, 3.63) is 64.0 Å². The molecule has 1 unspecified atom stereocenters. The minimum Gasteiger partial charge on any atom is -0.337 e. The van der Waals surface area contributed by atoms with Gasteiger partial charge in [-0.05, 0) is 61.2 Å². The van der Waals surface area contributed by atoms with E-state index in [9.17, 15) is 18.0 Å². The van der Waals surface area contributed by atoms with E-state index in [-0.39, 0.29) is 23.3 Å². The molecule has 4 heterocycles. The summed E-state index contributed by atoms with van der Waals surface area (Å²) in [6.45, 7) is 2.90. The van der Waals surface area contributed by atoms with Gasteiger partial charge in [-0.1, -0.05) is 23.7 Å². The van der Waals surface area contributed by atoms with Crippen LogP contribution in [0.1, 0.15) is 30.2 Å². The van der Waals surface area contributed by atoms with Crippen LogP contribution < -0.4 is 5.32 Å². The van der Waals surface area contributed by atoms with Gasteiger partial charge < -0.3 is 10.2 Å². The van der Waals surface area contributed by atoms with Gasteiger partial charge in [-0.15, -0.1) is 22.7 Å². The van der Waals surface area contributed by atoms with Crippen LogP contribution in [-0.4, -0.2) is 53.6 Å². The molecule has 0 saturated carbocycles. The first-order chi connectivity index (χ1) is 18.7. The van der Waals surface area contributed by atoms with Gasteiger partial charge in [-0.2, -0.15) is 4.31 Å². The van der Waals surface area contributed by atoms with Crippen molar-refractivity contribution in [2.45, 2.75) is 43.7 Å². The van der Waals surface area contributed by atoms with Gasteiger partial charge in [-0.25, -0.2) is 13.4 Å². The molecule has 12 heteroatoms. The largest absolute Gasteiger partial charge is 0.337 e. The Morgan fingerprint density at radius 3 is 2.59 bits per heavy atom. The average Bonchev–Trinajstić information content (AvgIpc) is 3.64. The van der Waals surface area contributed by atoms with E-state index >= 15 is 0 Å². The smallest absolute Gasteiger partial charge is 0.243 e. The molecule has 39 heavy (non-hydrogen) atoms. The molecule has 8 nitrogen and oxygen atoms in total. The molecular weight excluding hydrogens is 576 g/mol. The van der Waals surface area contributed by atoms with Gasteiger partial charge in [0.2, 0.25) is 21.8 Å². The predicted octanol–water partition coefficient (Wildman–Crippen LogP) is 5.37. The minimum atomic E-state index is -3.88. The van der Waals surface area contributed by atoms with Crippen LogP contribution >= 0.6 is 34.3 Å². The highest BCUT2D eigenvalue weighted by Crippen LogP contribution is 2.46. The molecule has 0 spiro atoms. The van der Waals surface area contributed by atoms with Crippen LogP contribution in [0.2, 0.25) is 5.02 Å². The van der Waals surface area contributed by atoms with Crippen LogP contribution in [0, 0.1) is 0 Å². The fourth-order valence-electron chi connectivity index (χ4n) is 5.19. The first-order valence-corrected chi connectivity index (χ1v) is 16.0. The minimum absolute atomic E-state index is 0.00942. The Labute approximate surface area is 239 Å². The summed E-state index contributed by atoms with van der Waals surface area (Å²) in [7, 11) is -3.88. The highest BCUT2D eigenvalue weighted by Gasteiger charge is 2.40. The number of aromatic nitrogens is 1. The summed E-state index contributed by atoms with van der Waals surface area (Å²) in [4.78, 5) is 33.5. The van der Waals surface area contributed by atoms with Gasteiger partial charge in [0.15, 0.2) is 0 Å². The molecule has 0 bridgehead atoms. The third-order valence-electron chi connectivity index (χ3n) is 7.17. The zero-order valence-electron chi connectivity index (χ0n) is 21.0. The molecule has 1 fully saturated rings. The lowest BCUT2D eigenvalue weighted by atomic mass is 10.0. The Hall–Kier alpha value is -2.83. The van der Waals surface area contributed by atoms with Gasteiger partial charge >= 0.3 is 0 Å². The molecule has 2 aliphatic rings. The molecule has 4 aromatic rings. The number of halogens is 1. The molecule has 2 aliphatic heterocycles. The second kappa shape index (κ2) is 10.3. The van der Waals surface area contributed by atoms with E-state index in [0.717, 1.165) is 31.2 Å². The second-order valence-corrected chi connectivity index (χ2v) is 14.1. The van der Waals surface area contributed by atoms with Crippen molar-refractivity contribution in [3.63, 3.8) is 0 Å². The molecular formula is C27H25ClN4O4S3. The summed E-state index contributed by atoms with van der Waals surface area (Å²) < 4.78 is 29.2. The molecule has 2 aromatic heterocycles. The van der Waals surface area contributed by atoms with Crippen LogP contribution in [0.5, 0.6) is 0 Å². The Balaban J connectivity index is 1.35. The van der Waals surface area contributed by atoms with E-state index in [4.69, 9.17) is 16.6 Å². The Morgan fingerprint density at radius 2 is 1.85 bits per heavy atom. The third-order valence-corrected chi connectivity index (χ3v) is 11.5. The number of nitrogens with zero attached hydrogens (tertiary/aromatic N) is 3. The summed E-state index contributed by atoms with van der Waals surface area (Å²) in [5.41, 5.74) is 2.84. The fourth-order valence-corrected chi connectivity index (χ4v) is 9.35. The van der Waals surface area contributed by atoms with Crippen molar-refractivity contribution in [2.75, 3.05) is 18.4 Å². The molecule has 1 atom stereocenters. The highest BCUT2D eigenvalue weighted by atomic mass is 35.5. The molecule has 2 aromatic carbocycles. The van der Waals surface area contributed by atoms with Crippen LogP contribution in [0.4, 0.5) is 5.00 Å². The Morgan fingerprint density at radius 1 is 1.08 bits per heavy atom. The number of benzene rings is 2. The lowest BCUT2D eigenvalue weighted by Crippen LogP contribution is -2.43. The normalized spacial score (nSPS) is 17.9. The number of anilines is 1. The number of sulfonamides is 1. The van der Waals surface area contributed by atoms with Crippen molar-refractivity contribution in [1.29, 1.82) is 0 Å². The summed E-state index contributed by atoms with van der Waals surface area (Å²) in [6, 6.07) is 13.0. The van der Waals surface area contributed by atoms with Gasteiger partial charge in [0, 0.05) is 35.5 Å². The van der Waals surface area contributed by atoms with E-state index < -0.39 is 16.1 Å². The first kappa shape index (κ1) is 26.4. The van der Waals surface area contributed by atoms with E-state index in [1.165, 1.54) is 39.9 Å². The van der Waals surface area contributed by atoms with Crippen LogP contribution in [0.3, 0.4) is 0 Å². The average molecular weight is 601 g/mol. The number of rotatable bonds is 5. The fraction of sp³-hybridized carbons (Fsp3) is 0.296. The SMILES string of the molecule is CC(=O)N1CCc2c(sc(NC(=O)C3CCCN3S(=O)(=O)c3ccc(Cl)cc3)c2-c2nc3ccccc3s2)C1. The van der Waals surface area contributed by atoms with Crippen LogP contribution in [0.25, 0.3) is 20.8 Å². The number of hydrogen-bond donors (Lipinski definition) is 1. The summed E-state index contributed by atoms with van der Waals surface area (Å²) >= 11 is 8.95. The second-order valence-electron chi connectivity index (χ2n) is 9.60. The van der Waals surface area contributed by atoms with Gasteiger partial charge in [-0.3, -0.25) is 9.59 Å². The molecule has 1 saturated heterocycles. The molecule has 0 radical (unpaired) electrons. The first-order valence-electron chi connectivity index (χ1n) is 12.6. The van der Waals surface area contributed by atoms with Gasteiger partial charge in [0.25, 0.3) is 0 Å². The lowest BCUT2D eigenvalue weighted by molar-refractivity contribution is -0.129. The number of amides is 2. The zero-order valence-corrected chi connectivity index (χ0v) is 24.2. The van der Waals surface area contributed by atoms with Crippen molar-refractivity contribution in [3.8, 4) is 10.6 Å². The van der Waals surface area contributed by atoms with E-state index in [2.05, 4.69) is 5.32 Å². The standard InChI is InChI=1S/C27H25ClN4O4S3/c1-16(33)31-14-12-19-23(15-31)38-27(24(19)26-29-20-5-2-3-7-22(20)37-26)30-25(34)21-6-4-13-32(21)39(35,36)18-10-8-17(28)9-11-18/h2-3,5,7-11,21H,4,6,12-15H2,1H3,(H,30,34). The number of nitrogens with one attached hydrogen (secondary N) is 1. The van der Waals surface area contributed by atoms with Crippen molar-refractivity contribution in [2.24, 2.45) is 0 Å². The number of carbonyl (C=O) groups is 2. The molecule has 202 valence electrons. The number of hydrogen-bond acceptors (Lipinski definition) is 7. The van der Waals surface area contributed by atoms with Crippen LogP contribution in [-0.2, 0) is 32.6 Å². The summed E-state index contributed by atoms with van der Waals surface area (Å²) in [5, 5.41) is 4.96. The monoisotopic (exact) mass is 600 g/mol. The Kier molecular flexibility index (Phi) is 6.96. The van der Waals surface area contributed by atoms with Crippen LogP contribution in [0.15, 0.2) is 53.4 Å². The van der Waals surface area contributed by atoms with Crippen molar-refractivity contribution < 1.29 is 18.0 Å². The quantitative estimate of drug-likeness (QED) is 0.332. The molecule has 0 aliphatic carbocycles. The Bertz CT molecular complexity index is 1660. The number of para-hydroxylation sites is 1. The maximum absolute atomic E-state index is 13.7. The van der Waals surface area contributed by atoms with E-state index in [0.29, 0.717) is 42.4 Å². The number of thiazole rings is 1. The van der Waals surface area contributed by atoms with E-state index in [1.807, 2.05) is 24.3 Å². The predicted molar refractivity (Wildman–Crippen MR) is 155 cm³/mol. The van der Waals surface area contributed by atoms with Gasteiger partial charge in [0.05, 0.1) is 21.7 Å². The van der Waals surface area contributed by atoms with Crippen molar-refractivity contribution in [1.82, 2.24) is 14.2 Å². The number of carbonyl (C=O) groups excluding carboxylic acids is 2. The zero-order chi connectivity index (χ0) is 27.3. The molecule has 1 N–H and O–H groups in total. The molecule has 6 rings (SSSR count). The lowest BCUT2D eigenvalue weighted by Gasteiger charge is -2.26. The summed E-state index contributed by atoms with van der Waals surface area (Å²) in [6.07, 6.45) is 1.68. The number of thiophene rings is 1. The maximum Gasteiger partial charge on any atom is 0.243 e.